The molecule has 0 aromatic heterocycles. The molecule has 0 spiro atoms. The quantitative estimate of drug-likeness (QED) is 0.509. The van der Waals surface area contributed by atoms with E-state index in [1.165, 1.54) is 6.42 Å². The second-order valence-corrected chi connectivity index (χ2v) is 9.67. The predicted molar refractivity (Wildman–Crippen MR) is 128 cm³/mol. The van der Waals surface area contributed by atoms with Gasteiger partial charge >= 0.3 is 5.97 Å². The zero-order chi connectivity index (χ0) is 22.6. The summed E-state index contributed by atoms with van der Waals surface area (Å²) in [6, 6.07) is 14.5. The molecule has 1 saturated carbocycles. The molecule has 1 aliphatic carbocycles. The second-order valence-electron chi connectivity index (χ2n) is 9.27. The Morgan fingerprint density at radius 1 is 1.06 bits per heavy atom. The van der Waals surface area contributed by atoms with Gasteiger partial charge in [0.05, 0.1) is 16.2 Å². The first kappa shape index (κ1) is 23.2. The van der Waals surface area contributed by atoms with Crippen molar-refractivity contribution in [1.82, 2.24) is 9.80 Å². The first-order chi connectivity index (χ1) is 15.4. The third kappa shape index (κ3) is 5.52. The number of hydrogen-bond acceptors (Lipinski definition) is 5. The van der Waals surface area contributed by atoms with Gasteiger partial charge in [0.2, 0.25) is 0 Å². The Morgan fingerprint density at radius 2 is 1.75 bits per heavy atom. The zero-order valence-electron chi connectivity index (χ0n) is 18.8. The van der Waals surface area contributed by atoms with Crippen LogP contribution in [0.1, 0.15) is 53.9 Å². The molecule has 0 unspecified atom stereocenters. The van der Waals surface area contributed by atoms with E-state index in [1.807, 2.05) is 18.2 Å². The van der Waals surface area contributed by atoms with Gasteiger partial charge in [-0.3, -0.25) is 0 Å². The second kappa shape index (κ2) is 10.3. The van der Waals surface area contributed by atoms with E-state index in [-0.39, 0.29) is 5.92 Å². The third-order valence-electron chi connectivity index (χ3n) is 6.98. The highest BCUT2D eigenvalue weighted by Crippen LogP contribution is 2.42. The van der Waals surface area contributed by atoms with E-state index in [0.717, 1.165) is 64.0 Å². The summed E-state index contributed by atoms with van der Waals surface area (Å²) in [5.41, 5.74) is 0.766. The fourth-order valence-corrected chi connectivity index (χ4v) is 5.16. The minimum absolute atomic E-state index is 0.0254. The highest BCUT2D eigenvalue weighted by atomic mass is 35.5. The van der Waals surface area contributed by atoms with Gasteiger partial charge in [-0.25, -0.2) is 4.79 Å². The molecule has 32 heavy (non-hydrogen) atoms. The summed E-state index contributed by atoms with van der Waals surface area (Å²) >= 11 is 6.57. The summed E-state index contributed by atoms with van der Waals surface area (Å²) in [6.07, 6.45) is 4.91. The molecule has 0 radical (unpaired) electrons. The first-order valence-corrected chi connectivity index (χ1v) is 12.0. The van der Waals surface area contributed by atoms with E-state index in [1.54, 1.807) is 30.3 Å². The molecule has 0 amide bonds. The van der Waals surface area contributed by atoms with Crippen LogP contribution in [-0.2, 0) is 0 Å². The lowest BCUT2D eigenvalue weighted by molar-refractivity contribution is -0.0337. The highest BCUT2D eigenvalue weighted by Gasteiger charge is 2.40. The topological polar surface area (TPSA) is 53.0 Å². The molecule has 0 bridgehead atoms. The molecule has 2 aliphatic rings. The van der Waals surface area contributed by atoms with E-state index >= 15 is 0 Å². The van der Waals surface area contributed by atoms with Gasteiger partial charge in [0.25, 0.3) is 0 Å². The summed E-state index contributed by atoms with van der Waals surface area (Å²) in [6.45, 7) is 4.90. The lowest BCUT2D eigenvalue weighted by atomic mass is 9.72. The Kier molecular flexibility index (Phi) is 7.51. The van der Waals surface area contributed by atoms with Crippen LogP contribution in [0.15, 0.2) is 48.5 Å². The van der Waals surface area contributed by atoms with Gasteiger partial charge in [-0.1, -0.05) is 55.1 Å². The minimum Gasteiger partial charge on any atom is -0.421 e. The Balaban J connectivity index is 1.55. The molecular weight excluding hydrogens is 424 g/mol. The van der Waals surface area contributed by atoms with Crippen LogP contribution in [0.25, 0.3) is 0 Å². The van der Waals surface area contributed by atoms with E-state index in [4.69, 9.17) is 16.3 Å². The van der Waals surface area contributed by atoms with Crippen LogP contribution in [0.3, 0.4) is 0 Å². The number of hydrogen-bond donors (Lipinski definition) is 1. The maximum Gasteiger partial charge on any atom is 0.343 e. The SMILES string of the molecule is CN1CCN(C[C@H](c2ccc(OC(=O)c3ccccc3)c(Cl)c2)C2(O)CCCCC2)CC1. The normalized spacial score (nSPS) is 20.6. The first-order valence-electron chi connectivity index (χ1n) is 11.6. The average Bonchev–Trinajstić information content (AvgIpc) is 2.81. The molecule has 1 aliphatic heterocycles. The molecule has 1 heterocycles. The monoisotopic (exact) mass is 456 g/mol. The Hall–Kier alpha value is -1.92. The maximum absolute atomic E-state index is 12.4. The summed E-state index contributed by atoms with van der Waals surface area (Å²) in [7, 11) is 2.15. The lowest BCUT2D eigenvalue weighted by Crippen LogP contribution is -2.50. The standard InChI is InChI=1S/C26H33ClN2O3/c1-28-14-16-29(17-15-28)19-22(26(31)12-6-3-7-13-26)21-10-11-24(23(27)18-21)32-25(30)20-8-4-2-5-9-20/h2,4-5,8-11,18,22,31H,3,6-7,12-17,19H2,1H3/t22-/m1/s1. The van der Waals surface area contributed by atoms with Crippen molar-refractivity contribution in [3.8, 4) is 5.75 Å². The number of carbonyl (C=O) groups is 1. The van der Waals surface area contributed by atoms with Crippen molar-refractivity contribution in [3.63, 3.8) is 0 Å². The molecular formula is C26H33ClN2O3. The van der Waals surface area contributed by atoms with Gasteiger partial charge in [0.15, 0.2) is 0 Å². The highest BCUT2D eigenvalue weighted by molar-refractivity contribution is 6.32. The number of halogens is 1. The van der Waals surface area contributed by atoms with Gasteiger partial charge in [0.1, 0.15) is 5.75 Å². The number of carbonyl (C=O) groups excluding carboxylic acids is 1. The maximum atomic E-state index is 12.4. The van der Waals surface area contributed by atoms with Crippen LogP contribution >= 0.6 is 11.6 Å². The van der Waals surface area contributed by atoms with Crippen LogP contribution in [-0.4, -0.2) is 66.2 Å². The average molecular weight is 457 g/mol. The van der Waals surface area contributed by atoms with Gasteiger partial charge < -0.3 is 19.6 Å². The summed E-state index contributed by atoms with van der Waals surface area (Å²) < 4.78 is 5.55. The number of likely N-dealkylation sites (N-methyl/N-ethyl adjacent to an activating group) is 1. The molecule has 6 heteroatoms. The number of benzene rings is 2. The lowest BCUT2D eigenvalue weighted by Gasteiger charge is -2.43. The minimum atomic E-state index is -0.729. The number of nitrogens with zero attached hydrogens (tertiary/aromatic N) is 2. The van der Waals surface area contributed by atoms with Crippen LogP contribution in [0.2, 0.25) is 5.02 Å². The van der Waals surface area contributed by atoms with Crippen molar-refractivity contribution < 1.29 is 14.6 Å². The Bertz CT molecular complexity index is 907. The van der Waals surface area contributed by atoms with Crippen molar-refractivity contribution in [2.45, 2.75) is 43.6 Å². The van der Waals surface area contributed by atoms with Crippen molar-refractivity contribution in [2.24, 2.45) is 0 Å². The summed E-state index contributed by atoms with van der Waals surface area (Å²) in [5.74, 6) is -0.110. The number of esters is 1. The van der Waals surface area contributed by atoms with Gasteiger partial charge in [0, 0.05) is 38.6 Å². The van der Waals surface area contributed by atoms with E-state index < -0.39 is 11.6 Å². The molecule has 172 valence electrons. The molecule has 2 aromatic rings. The van der Waals surface area contributed by atoms with Gasteiger partial charge in [-0.2, -0.15) is 0 Å². The third-order valence-corrected chi connectivity index (χ3v) is 7.27. The number of rotatable bonds is 6. The van der Waals surface area contributed by atoms with Crippen LogP contribution in [0, 0.1) is 0 Å². The Morgan fingerprint density at radius 3 is 2.41 bits per heavy atom. The van der Waals surface area contributed by atoms with Gasteiger partial charge in [-0.15, -0.1) is 0 Å². The number of ether oxygens (including phenoxy) is 1. The van der Waals surface area contributed by atoms with Crippen molar-refractivity contribution in [1.29, 1.82) is 0 Å². The molecule has 2 fully saturated rings. The van der Waals surface area contributed by atoms with Gasteiger partial charge in [-0.05, 0) is 49.7 Å². The van der Waals surface area contributed by atoms with Crippen LogP contribution < -0.4 is 4.74 Å². The summed E-state index contributed by atoms with van der Waals surface area (Å²) in [5, 5.41) is 12.1. The molecule has 5 nitrogen and oxygen atoms in total. The fraction of sp³-hybridized carbons (Fsp3) is 0.500. The molecule has 2 aromatic carbocycles. The smallest absolute Gasteiger partial charge is 0.343 e. The van der Waals surface area contributed by atoms with Crippen LogP contribution in [0.4, 0.5) is 0 Å². The Labute approximate surface area is 195 Å². The van der Waals surface area contributed by atoms with E-state index in [9.17, 15) is 9.90 Å². The molecule has 1 atom stereocenters. The van der Waals surface area contributed by atoms with Crippen molar-refractivity contribution in [2.75, 3.05) is 39.8 Å². The zero-order valence-corrected chi connectivity index (χ0v) is 19.6. The largest absolute Gasteiger partial charge is 0.421 e. The predicted octanol–water partition coefficient (Wildman–Crippen LogP) is 4.59. The number of piperazine rings is 1. The van der Waals surface area contributed by atoms with Crippen molar-refractivity contribution in [3.05, 3.63) is 64.7 Å². The molecule has 1 N–H and O–H groups in total. The van der Waals surface area contributed by atoms with Crippen molar-refractivity contribution >= 4 is 17.6 Å². The molecule has 4 rings (SSSR count). The van der Waals surface area contributed by atoms with Crippen LogP contribution in [0.5, 0.6) is 5.75 Å². The van der Waals surface area contributed by atoms with E-state index in [2.05, 4.69) is 16.8 Å². The number of aliphatic hydroxyl groups is 1. The summed E-state index contributed by atoms with van der Waals surface area (Å²) in [4.78, 5) is 17.2. The van der Waals surface area contributed by atoms with E-state index in [0.29, 0.717) is 16.3 Å². The molecule has 1 saturated heterocycles. The fourth-order valence-electron chi connectivity index (χ4n) is 4.94.